The fraction of sp³-hybridized carbons (Fsp3) is 0.316. The zero-order valence-corrected chi connectivity index (χ0v) is 14.2. The first-order valence-corrected chi connectivity index (χ1v) is 7.95. The van der Waals surface area contributed by atoms with Gasteiger partial charge in [-0.25, -0.2) is 4.79 Å². The molecule has 2 amide bonds. The second-order valence-corrected chi connectivity index (χ2v) is 5.59. The Kier molecular flexibility index (Phi) is 6.63. The number of amides is 2. The quantitative estimate of drug-likeness (QED) is 0.821. The van der Waals surface area contributed by atoms with E-state index in [9.17, 15) is 9.90 Å². The molecule has 0 bridgehead atoms. The lowest BCUT2D eigenvalue weighted by atomic mass is 10.1. The molecule has 2 N–H and O–H groups in total. The fourth-order valence-electron chi connectivity index (χ4n) is 2.52. The summed E-state index contributed by atoms with van der Waals surface area (Å²) in [6, 6.07) is 15.4. The van der Waals surface area contributed by atoms with Gasteiger partial charge in [0, 0.05) is 19.6 Å². The summed E-state index contributed by atoms with van der Waals surface area (Å²) < 4.78 is 5.24. The van der Waals surface area contributed by atoms with E-state index in [4.69, 9.17) is 4.74 Å². The largest absolute Gasteiger partial charge is 0.496 e. The molecule has 0 saturated carbocycles. The molecule has 24 heavy (non-hydrogen) atoms. The van der Waals surface area contributed by atoms with Crippen LogP contribution < -0.4 is 10.1 Å². The van der Waals surface area contributed by atoms with E-state index in [1.165, 1.54) is 0 Å². The maximum Gasteiger partial charge on any atom is 0.318 e. The van der Waals surface area contributed by atoms with Gasteiger partial charge in [-0.1, -0.05) is 42.5 Å². The second-order valence-electron chi connectivity index (χ2n) is 5.59. The van der Waals surface area contributed by atoms with Crippen LogP contribution in [0.15, 0.2) is 48.5 Å². The number of aryl methyl sites for hydroxylation is 1. The number of ether oxygens (including phenoxy) is 1. The number of carbonyl (C=O) groups is 1. The maximum absolute atomic E-state index is 12.4. The number of benzene rings is 2. The summed E-state index contributed by atoms with van der Waals surface area (Å²) in [5, 5.41) is 12.1. The van der Waals surface area contributed by atoms with Crippen molar-refractivity contribution in [3.05, 3.63) is 65.2 Å². The molecule has 0 aliphatic carbocycles. The van der Waals surface area contributed by atoms with Crippen LogP contribution in [-0.2, 0) is 13.1 Å². The number of nitrogens with zero attached hydrogens (tertiary/aromatic N) is 1. The van der Waals surface area contributed by atoms with E-state index >= 15 is 0 Å². The van der Waals surface area contributed by atoms with Crippen molar-refractivity contribution in [3.8, 4) is 5.75 Å². The predicted octanol–water partition coefficient (Wildman–Crippen LogP) is 2.71. The average Bonchev–Trinajstić information content (AvgIpc) is 2.60. The molecule has 0 atom stereocenters. The minimum atomic E-state index is -0.193. The Bertz CT molecular complexity index is 659. The summed E-state index contributed by atoms with van der Waals surface area (Å²) in [5.74, 6) is 0.830. The number of aliphatic hydroxyl groups is 1. The molecule has 128 valence electrons. The Morgan fingerprint density at radius 2 is 1.92 bits per heavy atom. The van der Waals surface area contributed by atoms with Crippen molar-refractivity contribution in [1.29, 1.82) is 0 Å². The Morgan fingerprint density at radius 3 is 2.54 bits per heavy atom. The first-order chi connectivity index (χ1) is 11.6. The first-order valence-electron chi connectivity index (χ1n) is 7.95. The van der Waals surface area contributed by atoms with E-state index in [-0.39, 0.29) is 12.6 Å². The zero-order valence-electron chi connectivity index (χ0n) is 14.2. The lowest BCUT2D eigenvalue weighted by molar-refractivity contribution is 0.173. The number of nitrogens with one attached hydrogen (secondary N) is 1. The molecule has 0 aromatic heterocycles. The normalized spacial score (nSPS) is 10.3. The number of methoxy groups -OCH3 is 1. The summed E-state index contributed by atoms with van der Waals surface area (Å²) in [6.45, 7) is 3.09. The molecule has 0 aliphatic rings. The van der Waals surface area contributed by atoms with Gasteiger partial charge in [0.1, 0.15) is 5.75 Å². The molecule has 0 aliphatic heterocycles. The SMILES string of the molecule is COc1ccc(CNC(=O)N(CCO)Cc2ccccc2)cc1C. The molecule has 0 unspecified atom stereocenters. The fourth-order valence-corrected chi connectivity index (χ4v) is 2.52. The summed E-state index contributed by atoms with van der Waals surface area (Å²) in [5.41, 5.74) is 3.06. The van der Waals surface area contributed by atoms with Crippen molar-refractivity contribution in [3.63, 3.8) is 0 Å². The van der Waals surface area contributed by atoms with E-state index in [0.29, 0.717) is 19.6 Å². The number of rotatable bonds is 7. The van der Waals surface area contributed by atoms with Gasteiger partial charge in [-0.3, -0.25) is 0 Å². The van der Waals surface area contributed by atoms with E-state index in [2.05, 4.69) is 5.32 Å². The molecular weight excluding hydrogens is 304 g/mol. The van der Waals surface area contributed by atoms with Crippen LogP contribution in [0.25, 0.3) is 0 Å². The highest BCUT2D eigenvalue weighted by atomic mass is 16.5. The number of hydrogen-bond acceptors (Lipinski definition) is 3. The van der Waals surface area contributed by atoms with Crippen LogP contribution in [0.4, 0.5) is 4.79 Å². The van der Waals surface area contributed by atoms with Crippen LogP contribution in [0.5, 0.6) is 5.75 Å². The molecule has 5 heteroatoms. The van der Waals surface area contributed by atoms with Gasteiger partial charge in [0.25, 0.3) is 0 Å². The van der Waals surface area contributed by atoms with Gasteiger partial charge in [0.15, 0.2) is 0 Å². The number of carbonyl (C=O) groups excluding carboxylic acids is 1. The smallest absolute Gasteiger partial charge is 0.318 e. The van der Waals surface area contributed by atoms with E-state index in [0.717, 1.165) is 22.4 Å². The summed E-state index contributed by atoms with van der Waals surface area (Å²) in [4.78, 5) is 14.0. The third kappa shape index (κ3) is 4.99. The molecule has 0 heterocycles. The Hall–Kier alpha value is -2.53. The standard InChI is InChI=1S/C19H24N2O3/c1-15-12-17(8-9-18(15)24-2)13-20-19(23)21(10-11-22)14-16-6-4-3-5-7-16/h3-9,12,22H,10-11,13-14H2,1-2H3,(H,20,23). The van der Waals surface area contributed by atoms with Gasteiger partial charge in [0.2, 0.25) is 0 Å². The number of urea groups is 1. The van der Waals surface area contributed by atoms with Gasteiger partial charge in [-0.15, -0.1) is 0 Å². The first kappa shape index (κ1) is 17.8. The van der Waals surface area contributed by atoms with Gasteiger partial charge in [0.05, 0.1) is 13.7 Å². The van der Waals surface area contributed by atoms with E-state index in [1.54, 1.807) is 12.0 Å². The Balaban J connectivity index is 1.96. The maximum atomic E-state index is 12.4. The molecule has 0 saturated heterocycles. The van der Waals surface area contributed by atoms with Crippen LogP contribution in [0.2, 0.25) is 0 Å². The van der Waals surface area contributed by atoms with Crippen LogP contribution in [0, 0.1) is 6.92 Å². The number of hydrogen-bond donors (Lipinski definition) is 2. The lowest BCUT2D eigenvalue weighted by Gasteiger charge is -2.22. The van der Waals surface area contributed by atoms with Gasteiger partial charge in [-0.05, 0) is 29.7 Å². The number of aliphatic hydroxyl groups excluding tert-OH is 1. The molecule has 0 radical (unpaired) electrons. The van der Waals surface area contributed by atoms with Crippen molar-refractivity contribution >= 4 is 6.03 Å². The van der Waals surface area contributed by atoms with Crippen LogP contribution in [-0.4, -0.2) is 36.3 Å². The zero-order chi connectivity index (χ0) is 17.4. The van der Waals surface area contributed by atoms with Crippen molar-refractivity contribution in [2.45, 2.75) is 20.0 Å². The summed E-state index contributed by atoms with van der Waals surface area (Å²) >= 11 is 0. The highest BCUT2D eigenvalue weighted by molar-refractivity contribution is 5.74. The van der Waals surface area contributed by atoms with Gasteiger partial charge in [-0.2, -0.15) is 0 Å². The van der Waals surface area contributed by atoms with Gasteiger partial charge < -0.3 is 20.1 Å². The van der Waals surface area contributed by atoms with Crippen molar-refractivity contribution < 1.29 is 14.6 Å². The third-order valence-electron chi connectivity index (χ3n) is 3.78. The van der Waals surface area contributed by atoms with Crippen LogP contribution >= 0.6 is 0 Å². The average molecular weight is 328 g/mol. The topological polar surface area (TPSA) is 61.8 Å². The van der Waals surface area contributed by atoms with Crippen LogP contribution in [0.3, 0.4) is 0 Å². The minimum absolute atomic E-state index is 0.0676. The van der Waals surface area contributed by atoms with Crippen molar-refractivity contribution in [2.75, 3.05) is 20.3 Å². The Morgan fingerprint density at radius 1 is 1.17 bits per heavy atom. The molecule has 2 rings (SSSR count). The molecule has 2 aromatic carbocycles. The Labute approximate surface area is 142 Å². The molecule has 2 aromatic rings. The van der Waals surface area contributed by atoms with Crippen LogP contribution in [0.1, 0.15) is 16.7 Å². The second kappa shape index (κ2) is 8.93. The predicted molar refractivity (Wildman–Crippen MR) is 93.9 cm³/mol. The van der Waals surface area contributed by atoms with Gasteiger partial charge >= 0.3 is 6.03 Å². The highest BCUT2D eigenvalue weighted by Gasteiger charge is 2.13. The minimum Gasteiger partial charge on any atom is -0.496 e. The molecule has 5 nitrogen and oxygen atoms in total. The third-order valence-corrected chi connectivity index (χ3v) is 3.78. The molecule has 0 spiro atoms. The lowest BCUT2D eigenvalue weighted by Crippen LogP contribution is -2.40. The van der Waals surface area contributed by atoms with E-state index in [1.807, 2.05) is 55.5 Å². The van der Waals surface area contributed by atoms with Crippen molar-refractivity contribution in [1.82, 2.24) is 10.2 Å². The summed E-state index contributed by atoms with van der Waals surface area (Å²) in [6.07, 6.45) is 0. The monoisotopic (exact) mass is 328 g/mol. The molecule has 0 fully saturated rings. The summed E-state index contributed by atoms with van der Waals surface area (Å²) in [7, 11) is 1.64. The molecular formula is C19H24N2O3. The highest BCUT2D eigenvalue weighted by Crippen LogP contribution is 2.18. The van der Waals surface area contributed by atoms with E-state index < -0.39 is 0 Å². The van der Waals surface area contributed by atoms with Crippen molar-refractivity contribution in [2.24, 2.45) is 0 Å².